The van der Waals surface area contributed by atoms with Crippen LogP contribution in [0.4, 0.5) is 11.4 Å². The van der Waals surface area contributed by atoms with Gasteiger partial charge in [0.1, 0.15) is 5.82 Å². The first kappa shape index (κ1) is 40.2. The SMILES string of the molecule is CC(C)(C)c1cc(Oc2[c-]c3c(cc2)c2c(c4ccccc4n2-c2ccccc2)n3-c2cc(C(C)(C)C)ccn2)[c-]c(N2C=CN(c3cccc(C(C)(C)C)c3)[CH-]2)c1.[Pd]. The molecule has 302 valence electrons. The Balaban J connectivity index is 0.00000484. The Bertz CT molecular complexity index is 2860. The Kier molecular flexibility index (Phi) is 10.1. The van der Waals surface area contributed by atoms with Crippen LogP contribution in [0.5, 0.6) is 11.5 Å². The molecular weight excluding hydrogens is 817 g/mol. The van der Waals surface area contributed by atoms with Crippen molar-refractivity contribution in [3.05, 3.63) is 169 Å². The van der Waals surface area contributed by atoms with Crippen LogP contribution in [-0.4, -0.2) is 14.1 Å². The van der Waals surface area contributed by atoms with Crippen LogP contribution in [0.2, 0.25) is 0 Å². The molecule has 59 heavy (non-hydrogen) atoms. The van der Waals surface area contributed by atoms with Crippen LogP contribution >= 0.6 is 0 Å². The fourth-order valence-corrected chi connectivity index (χ4v) is 7.84. The van der Waals surface area contributed by atoms with Gasteiger partial charge in [-0.3, -0.25) is 0 Å². The van der Waals surface area contributed by atoms with Gasteiger partial charge in [-0.1, -0.05) is 122 Å². The summed E-state index contributed by atoms with van der Waals surface area (Å²) in [7, 11) is 0. The van der Waals surface area contributed by atoms with E-state index in [0.29, 0.717) is 11.5 Å². The summed E-state index contributed by atoms with van der Waals surface area (Å²) >= 11 is 0. The molecular formula is C52H50N5OPd-3. The molecule has 1 aliphatic heterocycles. The third-order valence-electron chi connectivity index (χ3n) is 11.1. The number of para-hydroxylation sites is 2. The van der Waals surface area contributed by atoms with E-state index in [2.05, 4.69) is 222 Å². The van der Waals surface area contributed by atoms with Crippen LogP contribution in [0.1, 0.15) is 79.0 Å². The fraction of sp³-hybridized carbons (Fsp3) is 0.231. The molecule has 0 N–H and O–H groups in total. The van der Waals surface area contributed by atoms with Gasteiger partial charge in [0, 0.05) is 60.4 Å². The molecule has 0 saturated heterocycles. The molecule has 0 radical (unpaired) electrons. The number of benzene rings is 5. The zero-order valence-electron chi connectivity index (χ0n) is 35.2. The molecule has 0 unspecified atom stereocenters. The van der Waals surface area contributed by atoms with Crippen molar-refractivity contribution in [1.29, 1.82) is 0 Å². The average Bonchev–Trinajstić information content (AvgIpc) is 3.90. The number of hydrogen-bond donors (Lipinski definition) is 0. The van der Waals surface area contributed by atoms with E-state index in [9.17, 15) is 0 Å². The van der Waals surface area contributed by atoms with E-state index < -0.39 is 0 Å². The van der Waals surface area contributed by atoms with Gasteiger partial charge in [0.15, 0.2) is 0 Å². The van der Waals surface area contributed by atoms with Crippen LogP contribution in [0, 0.1) is 18.8 Å². The van der Waals surface area contributed by atoms with Crippen molar-refractivity contribution in [2.24, 2.45) is 0 Å². The average molecular weight is 867 g/mol. The maximum absolute atomic E-state index is 6.80. The van der Waals surface area contributed by atoms with Crippen LogP contribution in [0.25, 0.3) is 44.3 Å². The van der Waals surface area contributed by atoms with Crippen molar-refractivity contribution in [2.45, 2.75) is 78.6 Å². The van der Waals surface area contributed by atoms with Crippen LogP contribution < -0.4 is 14.5 Å². The number of rotatable bonds is 6. The van der Waals surface area contributed by atoms with Gasteiger partial charge in [-0.25, -0.2) is 4.98 Å². The summed E-state index contributed by atoms with van der Waals surface area (Å²) in [4.78, 5) is 9.27. The first-order chi connectivity index (χ1) is 27.6. The predicted octanol–water partition coefficient (Wildman–Crippen LogP) is 13.3. The number of fused-ring (bicyclic) bond motifs is 5. The molecule has 9 rings (SSSR count). The zero-order valence-corrected chi connectivity index (χ0v) is 36.8. The van der Waals surface area contributed by atoms with Crippen LogP contribution in [0.15, 0.2) is 134 Å². The largest absolute Gasteiger partial charge is 0.509 e. The smallest absolute Gasteiger partial charge is 0.135 e. The quantitative estimate of drug-likeness (QED) is 0.123. The standard InChI is InChI=1S/C52H50N5O.Pd/c1-50(2,3)35-16-15-19-39(28-35)54-26-27-55(34-54)40-29-37(52(7,8)9)30-42(32-40)58-41-22-23-44-46(33-41)57(47-31-36(24-25-53-47)51(4,5)6)49-43-20-13-14-21-45(43)56(48(44)49)38-17-11-10-12-18-38;/h10-31,34H,1-9H3;/q-3;. The van der Waals surface area contributed by atoms with Crippen molar-refractivity contribution in [2.75, 3.05) is 9.80 Å². The van der Waals surface area contributed by atoms with E-state index in [1.165, 1.54) is 11.1 Å². The summed E-state index contributed by atoms with van der Waals surface area (Å²) in [6, 6.07) is 48.1. The Labute approximate surface area is 362 Å². The second-order valence-electron chi connectivity index (χ2n) is 18.5. The van der Waals surface area contributed by atoms with Gasteiger partial charge in [-0.15, -0.1) is 48.3 Å². The normalized spacial score (nSPS) is 13.5. The summed E-state index contributed by atoms with van der Waals surface area (Å²) < 4.78 is 11.4. The monoisotopic (exact) mass is 866 g/mol. The molecule has 0 amide bonds. The second-order valence-corrected chi connectivity index (χ2v) is 18.5. The summed E-state index contributed by atoms with van der Waals surface area (Å²) in [5, 5.41) is 2.20. The van der Waals surface area contributed by atoms with E-state index in [-0.39, 0.29) is 36.7 Å². The molecule has 0 atom stereocenters. The Morgan fingerprint density at radius 1 is 0.542 bits per heavy atom. The Morgan fingerprint density at radius 2 is 1.20 bits per heavy atom. The van der Waals surface area contributed by atoms with Crippen molar-refractivity contribution in [3.63, 3.8) is 0 Å². The molecule has 0 saturated carbocycles. The van der Waals surface area contributed by atoms with E-state index >= 15 is 0 Å². The van der Waals surface area contributed by atoms with Gasteiger partial charge < -0.3 is 23.7 Å². The number of aromatic nitrogens is 3. The molecule has 1 aliphatic rings. The molecule has 0 bridgehead atoms. The molecule has 5 aromatic carbocycles. The number of ether oxygens (including phenoxy) is 1. The topological polar surface area (TPSA) is 38.5 Å². The molecule has 0 spiro atoms. The number of anilines is 2. The van der Waals surface area contributed by atoms with E-state index in [0.717, 1.165) is 61.3 Å². The zero-order chi connectivity index (χ0) is 40.6. The number of nitrogens with zero attached hydrogens (tertiary/aromatic N) is 5. The van der Waals surface area contributed by atoms with Crippen molar-refractivity contribution in [3.8, 4) is 23.0 Å². The molecule has 0 fully saturated rings. The fourth-order valence-electron chi connectivity index (χ4n) is 7.84. The minimum absolute atomic E-state index is 0. The first-order valence-corrected chi connectivity index (χ1v) is 20.1. The molecule has 3 aromatic heterocycles. The number of pyridine rings is 1. The molecule has 0 aliphatic carbocycles. The third-order valence-corrected chi connectivity index (χ3v) is 11.1. The summed E-state index contributed by atoms with van der Waals surface area (Å²) in [6.45, 7) is 22.2. The van der Waals surface area contributed by atoms with Gasteiger partial charge in [0.05, 0.1) is 11.0 Å². The first-order valence-electron chi connectivity index (χ1n) is 20.1. The minimum Gasteiger partial charge on any atom is -0.509 e. The second kappa shape index (κ2) is 14.9. The van der Waals surface area contributed by atoms with Crippen molar-refractivity contribution in [1.82, 2.24) is 14.1 Å². The Morgan fingerprint density at radius 3 is 1.95 bits per heavy atom. The maximum Gasteiger partial charge on any atom is 0.135 e. The van der Waals surface area contributed by atoms with Crippen molar-refractivity contribution >= 4 is 44.2 Å². The predicted molar refractivity (Wildman–Crippen MR) is 241 cm³/mol. The molecule has 8 aromatic rings. The van der Waals surface area contributed by atoms with Crippen LogP contribution in [-0.2, 0) is 36.7 Å². The van der Waals surface area contributed by atoms with Gasteiger partial charge >= 0.3 is 0 Å². The third kappa shape index (κ3) is 7.48. The molecule has 4 heterocycles. The summed E-state index contributed by atoms with van der Waals surface area (Å²) in [5.41, 5.74) is 10.8. The molecule has 7 heteroatoms. The summed E-state index contributed by atoms with van der Waals surface area (Å²) in [5.74, 6) is 2.07. The summed E-state index contributed by atoms with van der Waals surface area (Å²) in [6.07, 6.45) is 6.09. The van der Waals surface area contributed by atoms with E-state index in [4.69, 9.17) is 9.72 Å². The van der Waals surface area contributed by atoms with Gasteiger partial charge in [-0.05, 0) is 82.2 Å². The van der Waals surface area contributed by atoms with Gasteiger partial charge in [0.2, 0.25) is 0 Å². The van der Waals surface area contributed by atoms with Gasteiger partial charge in [-0.2, -0.15) is 6.07 Å². The maximum atomic E-state index is 6.80. The van der Waals surface area contributed by atoms with E-state index in [1.807, 2.05) is 12.3 Å². The molecule has 6 nitrogen and oxygen atoms in total. The van der Waals surface area contributed by atoms with Crippen molar-refractivity contribution < 1.29 is 25.2 Å². The van der Waals surface area contributed by atoms with Crippen LogP contribution in [0.3, 0.4) is 0 Å². The minimum atomic E-state index is -0.132. The Hall–Kier alpha value is -5.61. The van der Waals surface area contributed by atoms with E-state index in [1.54, 1.807) is 0 Å². The number of hydrogen-bond acceptors (Lipinski definition) is 4. The van der Waals surface area contributed by atoms with Gasteiger partial charge in [0.25, 0.3) is 0 Å².